The van der Waals surface area contributed by atoms with Crippen LogP contribution in [-0.2, 0) is 4.74 Å². The van der Waals surface area contributed by atoms with Crippen molar-refractivity contribution < 1.29 is 4.74 Å². The number of halogens is 1. The highest BCUT2D eigenvalue weighted by molar-refractivity contribution is 6.30. The number of hydrogen-bond acceptors (Lipinski definition) is 4. The van der Waals surface area contributed by atoms with Crippen molar-refractivity contribution in [3.63, 3.8) is 0 Å². The highest BCUT2D eigenvalue weighted by atomic mass is 35.5. The third-order valence-corrected chi connectivity index (χ3v) is 3.62. The monoisotopic (exact) mass is 269 g/mol. The summed E-state index contributed by atoms with van der Waals surface area (Å²) >= 11 is 6.01. The van der Waals surface area contributed by atoms with Gasteiger partial charge in [-0.15, -0.1) is 0 Å². The zero-order valence-corrected chi connectivity index (χ0v) is 11.8. The average Bonchev–Trinajstić information content (AvgIpc) is 2.83. The van der Waals surface area contributed by atoms with Crippen LogP contribution in [0, 0.1) is 13.8 Å². The summed E-state index contributed by atoms with van der Waals surface area (Å²) in [7, 11) is 0. The Morgan fingerprint density at radius 2 is 2.00 bits per heavy atom. The van der Waals surface area contributed by atoms with Crippen molar-refractivity contribution in [1.29, 1.82) is 0 Å². The van der Waals surface area contributed by atoms with Gasteiger partial charge in [0, 0.05) is 12.1 Å². The van der Waals surface area contributed by atoms with Gasteiger partial charge >= 0.3 is 0 Å². The molecule has 0 bridgehead atoms. The van der Waals surface area contributed by atoms with E-state index in [1.165, 1.54) is 25.7 Å². The van der Waals surface area contributed by atoms with Crippen molar-refractivity contribution >= 4 is 17.4 Å². The molecule has 0 amide bonds. The molecule has 4 nitrogen and oxygen atoms in total. The maximum absolute atomic E-state index is 6.01. The quantitative estimate of drug-likeness (QED) is 0.659. The molecular formula is C13H20ClN3O. The highest BCUT2D eigenvalue weighted by Gasteiger charge is 2.14. The van der Waals surface area contributed by atoms with E-state index in [1.54, 1.807) is 0 Å². The molecule has 1 aromatic rings. The van der Waals surface area contributed by atoms with Crippen molar-refractivity contribution in [3.8, 4) is 0 Å². The maximum atomic E-state index is 6.01. The second-order valence-electron chi connectivity index (χ2n) is 4.74. The maximum Gasteiger partial charge on any atom is 0.137 e. The van der Waals surface area contributed by atoms with Crippen LogP contribution < -0.4 is 5.32 Å². The van der Waals surface area contributed by atoms with Gasteiger partial charge in [0.15, 0.2) is 0 Å². The third-order valence-electron chi connectivity index (χ3n) is 3.25. The summed E-state index contributed by atoms with van der Waals surface area (Å²) in [5, 5.41) is 3.77. The Labute approximate surface area is 113 Å². The standard InChI is InChI=1S/C13H20ClN3O/c1-9-12(14)16-10(2)17-13(9)15-7-8-18-11-5-3-4-6-11/h11H,3-8H2,1-2H3,(H,15,16,17). The molecule has 0 atom stereocenters. The Bertz CT molecular complexity index is 405. The Morgan fingerprint density at radius 1 is 1.28 bits per heavy atom. The van der Waals surface area contributed by atoms with Gasteiger partial charge in [-0.3, -0.25) is 0 Å². The lowest BCUT2D eigenvalue weighted by Crippen LogP contribution is -2.16. The Balaban J connectivity index is 1.79. The molecular weight excluding hydrogens is 250 g/mol. The summed E-state index contributed by atoms with van der Waals surface area (Å²) < 4.78 is 5.79. The van der Waals surface area contributed by atoms with Crippen LogP contribution in [0.15, 0.2) is 0 Å². The van der Waals surface area contributed by atoms with E-state index in [-0.39, 0.29) is 0 Å². The van der Waals surface area contributed by atoms with Crippen LogP contribution in [0.3, 0.4) is 0 Å². The van der Waals surface area contributed by atoms with E-state index in [1.807, 2.05) is 13.8 Å². The van der Waals surface area contributed by atoms with Gasteiger partial charge in [-0.05, 0) is 26.7 Å². The summed E-state index contributed by atoms with van der Waals surface area (Å²) in [6.45, 7) is 5.22. The molecule has 100 valence electrons. The van der Waals surface area contributed by atoms with E-state index in [9.17, 15) is 0 Å². The van der Waals surface area contributed by atoms with Crippen LogP contribution in [0.5, 0.6) is 0 Å². The third kappa shape index (κ3) is 3.56. The van der Waals surface area contributed by atoms with Crippen molar-refractivity contribution in [1.82, 2.24) is 9.97 Å². The molecule has 1 aliphatic rings. The molecule has 5 heteroatoms. The lowest BCUT2D eigenvalue weighted by Gasteiger charge is -2.13. The summed E-state index contributed by atoms with van der Waals surface area (Å²) in [6, 6.07) is 0. The number of aromatic nitrogens is 2. The smallest absolute Gasteiger partial charge is 0.137 e. The van der Waals surface area contributed by atoms with Crippen molar-refractivity contribution in [2.24, 2.45) is 0 Å². The van der Waals surface area contributed by atoms with Crippen molar-refractivity contribution in [2.75, 3.05) is 18.5 Å². The van der Waals surface area contributed by atoms with Crippen molar-refractivity contribution in [3.05, 3.63) is 16.5 Å². The first-order chi connectivity index (χ1) is 8.66. The van der Waals surface area contributed by atoms with E-state index >= 15 is 0 Å². The summed E-state index contributed by atoms with van der Waals surface area (Å²) in [6.07, 6.45) is 5.48. The molecule has 1 saturated carbocycles. The normalized spacial score (nSPS) is 16.2. The first-order valence-corrected chi connectivity index (χ1v) is 6.91. The molecule has 1 aromatic heterocycles. The van der Waals surface area contributed by atoms with Crippen LogP contribution in [-0.4, -0.2) is 29.2 Å². The van der Waals surface area contributed by atoms with E-state index in [4.69, 9.17) is 16.3 Å². The fourth-order valence-electron chi connectivity index (χ4n) is 2.22. The van der Waals surface area contributed by atoms with Gasteiger partial charge in [-0.1, -0.05) is 24.4 Å². The first-order valence-electron chi connectivity index (χ1n) is 6.53. The Morgan fingerprint density at radius 3 is 2.72 bits per heavy atom. The molecule has 0 unspecified atom stereocenters. The first kappa shape index (κ1) is 13.6. The van der Waals surface area contributed by atoms with Gasteiger partial charge in [-0.2, -0.15) is 0 Å². The molecule has 1 aliphatic carbocycles. The lowest BCUT2D eigenvalue weighted by atomic mass is 10.3. The minimum atomic E-state index is 0.462. The summed E-state index contributed by atoms with van der Waals surface area (Å²) in [5.41, 5.74) is 0.892. The zero-order valence-electron chi connectivity index (χ0n) is 11.0. The molecule has 0 saturated heterocycles. The lowest BCUT2D eigenvalue weighted by molar-refractivity contribution is 0.0658. The molecule has 0 aliphatic heterocycles. The largest absolute Gasteiger partial charge is 0.376 e. The second-order valence-corrected chi connectivity index (χ2v) is 5.10. The van der Waals surface area contributed by atoms with Gasteiger partial charge < -0.3 is 10.1 Å². The predicted molar refractivity (Wildman–Crippen MR) is 73.2 cm³/mol. The summed E-state index contributed by atoms with van der Waals surface area (Å²) in [4.78, 5) is 8.45. The number of nitrogens with zero attached hydrogens (tertiary/aromatic N) is 2. The molecule has 0 spiro atoms. The SMILES string of the molecule is Cc1nc(Cl)c(C)c(NCCOC2CCCC2)n1. The van der Waals surface area contributed by atoms with Crippen LogP contribution in [0.2, 0.25) is 5.15 Å². The topological polar surface area (TPSA) is 47.0 Å². The molecule has 1 fully saturated rings. The number of nitrogens with one attached hydrogen (secondary N) is 1. The minimum absolute atomic E-state index is 0.462. The number of ether oxygens (including phenoxy) is 1. The van der Waals surface area contributed by atoms with Crippen LogP contribution >= 0.6 is 11.6 Å². The molecule has 2 rings (SSSR count). The van der Waals surface area contributed by atoms with Crippen LogP contribution in [0.25, 0.3) is 0 Å². The molecule has 18 heavy (non-hydrogen) atoms. The second kappa shape index (κ2) is 6.34. The number of anilines is 1. The van der Waals surface area contributed by atoms with E-state index < -0.39 is 0 Å². The number of rotatable bonds is 5. The minimum Gasteiger partial charge on any atom is -0.376 e. The number of aryl methyl sites for hydroxylation is 1. The van der Waals surface area contributed by atoms with Crippen LogP contribution in [0.1, 0.15) is 37.1 Å². The van der Waals surface area contributed by atoms with Gasteiger partial charge in [-0.25, -0.2) is 9.97 Å². The summed E-state index contributed by atoms with van der Waals surface area (Å²) in [5.74, 6) is 1.49. The molecule has 0 radical (unpaired) electrons. The van der Waals surface area contributed by atoms with Gasteiger partial charge in [0.2, 0.25) is 0 Å². The highest BCUT2D eigenvalue weighted by Crippen LogP contribution is 2.21. The molecule has 1 heterocycles. The van der Waals surface area contributed by atoms with Gasteiger partial charge in [0.25, 0.3) is 0 Å². The number of hydrogen-bond donors (Lipinski definition) is 1. The van der Waals surface area contributed by atoms with Crippen LogP contribution in [0.4, 0.5) is 5.82 Å². The molecule has 1 N–H and O–H groups in total. The van der Waals surface area contributed by atoms with Crippen molar-refractivity contribution in [2.45, 2.75) is 45.6 Å². The van der Waals surface area contributed by atoms with Gasteiger partial charge in [0.05, 0.1) is 12.7 Å². The Hall–Kier alpha value is -0.870. The van der Waals surface area contributed by atoms with E-state index in [2.05, 4.69) is 15.3 Å². The van der Waals surface area contributed by atoms with Gasteiger partial charge in [0.1, 0.15) is 16.8 Å². The average molecular weight is 270 g/mol. The zero-order chi connectivity index (χ0) is 13.0. The fraction of sp³-hybridized carbons (Fsp3) is 0.692. The molecule has 0 aromatic carbocycles. The van der Waals surface area contributed by atoms with E-state index in [0.717, 1.165) is 17.9 Å². The predicted octanol–water partition coefficient (Wildman–Crippen LogP) is 3.12. The Kier molecular flexibility index (Phi) is 4.78. The van der Waals surface area contributed by atoms with E-state index in [0.29, 0.717) is 23.7 Å². The fourth-order valence-corrected chi connectivity index (χ4v) is 2.43.